The molecular weight excluding hydrogens is 272 g/mol. The lowest BCUT2D eigenvalue weighted by molar-refractivity contribution is 0.373. The number of rotatable bonds is 3. The van der Waals surface area contributed by atoms with E-state index in [1.165, 1.54) is 13.2 Å². The molecule has 2 heterocycles. The second-order valence-electron chi connectivity index (χ2n) is 4.26. The van der Waals surface area contributed by atoms with Gasteiger partial charge in [0, 0.05) is 5.56 Å². The van der Waals surface area contributed by atoms with E-state index >= 15 is 0 Å². The van der Waals surface area contributed by atoms with E-state index in [-0.39, 0.29) is 11.6 Å². The van der Waals surface area contributed by atoms with Crippen molar-refractivity contribution in [3.63, 3.8) is 0 Å². The van der Waals surface area contributed by atoms with E-state index in [1.807, 2.05) is 0 Å². The zero-order chi connectivity index (χ0) is 14.8. The van der Waals surface area contributed by atoms with Crippen molar-refractivity contribution < 1.29 is 14.4 Å². The molecule has 3 aromatic rings. The highest BCUT2D eigenvalue weighted by atomic mass is 16.5. The topological polar surface area (TPSA) is 107 Å². The summed E-state index contributed by atoms with van der Waals surface area (Å²) < 4.78 is 10.2. The summed E-state index contributed by atoms with van der Waals surface area (Å²) in [7, 11) is 1.47. The van der Waals surface area contributed by atoms with Crippen LogP contribution in [0.5, 0.6) is 11.5 Å². The molecule has 21 heavy (non-hydrogen) atoms. The normalized spacial score (nSPS) is 10.5. The van der Waals surface area contributed by atoms with Crippen molar-refractivity contribution in [3.05, 3.63) is 36.4 Å². The first-order valence-electron chi connectivity index (χ1n) is 6.11. The van der Waals surface area contributed by atoms with Gasteiger partial charge in [0.2, 0.25) is 5.82 Å². The first-order valence-corrected chi connectivity index (χ1v) is 6.11. The number of anilines is 1. The van der Waals surface area contributed by atoms with Crippen molar-refractivity contribution >= 4 is 5.82 Å². The van der Waals surface area contributed by atoms with Gasteiger partial charge in [0.05, 0.1) is 7.11 Å². The molecule has 0 radical (unpaired) electrons. The largest absolute Gasteiger partial charge is 0.504 e. The summed E-state index contributed by atoms with van der Waals surface area (Å²) in [4.78, 5) is 8.38. The Bertz CT molecular complexity index is 785. The van der Waals surface area contributed by atoms with Gasteiger partial charge < -0.3 is 20.1 Å². The molecule has 0 bridgehead atoms. The average molecular weight is 284 g/mol. The second-order valence-corrected chi connectivity index (χ2v) is 4.26. The molecule has 0 fully saturated rings. The minimum absolute atomic E-state index is 0.0440. The lowest BCUT2D eigenvalue weighted by Gasteiger charge is -2.03. The first-order chi connectivity index (χ1) is 10.2. The lowest BCUT2D eigenvalue weighted by Crippen LogP contribution is -1.91. The number of phenolic OH excluding ortho intramolecular Hbond substituents is 1. The Hall–Kier alpha value is -3.09. The van der Waals surface area contributed by atoms with Gasteiger partial charge in [0.25, 0.3) is 5.89 Å². The third-order valence-corrected chi connectivity index (χ3v) is 2.85. The Morgan fingerprint density at radius 1 is 1.19 bits per heavy atom. The van der Waals surface area contributed by atoms with E-state index in [4.69, 9.17) is 15.0 Å². The fraction of sp³-hybridized carbons (Fsp3) is 0.0714. The maximum atomic E-state index is 9.58. The number of ether oxygens (including phenoxy) is 1. The number of nitrogens with zero attached hydrogens (tertiary/aromatic N) is 3. The zero-order valence-electron chi connectivity index (χ0n) is 11.1. The molecule has 1 aromatic carbocycles. The molecule has 0 aliphatic carbocycles. The maximum absolute atomic E-state index is 9.58. The Balaban J connectivity index is 1.98. The summed E-state index contributed by atoms with van der Waals surface area (Å²) in [6, 6.07) is 9.95. The van der Waals surface area contributed by atoms with E-state index in [0.717, 1.165) is 0 Å². The summed E-state index contributed by atoms with van der Waals surface area (Å²) in [6.45, 7) is 0. The molecule has 0 aliphatic rings. The third kappa shape index (κ3) is 2.48. The van der Waals surface area contributed by atoms with E-state index in [0.29, 0.717) is 28.6 Å². The Labute approximate surface area is 120 Å². The van der Waals surface area contributed by atoms with Crippen LogP contribution in [-0.2, 0) is 0 Å². The van der Waals surface area contributed by atoms with Crippen LogP contribution in [0.2, 0.25) is 0 Å². The van der Waals surface area contributed by atoms with Crippen LogP contribution in [0.25, 0.3) is 23.0 Å². The van der Waals surface area contributed by atoms with Gasteiger partial charge in [-0.1, -0.05) is 11.2 Å². The Morgan fingerprint density at radius 3 is 2.81 bits per heavy atom. The summed E-state index contributed by atoms with van der Waals surface area (Å²) in [5.74, 6) is 1.39. The van der Waals surface area contributed by atoms with Crippen LogP contribution in [0, 0.1) is 0 Å². The number of pyridine rings is 1. The number of aromatic nitrogens is 3. The van der Waals surface area contributed by atoms with Gasteiger partial charge in [-0.15, -0.1) is 0 Å². The number of hydrogen-bond donors (Lipinski definition) is 2. The average Bonchev–Trinajstić information content (AvgIpc) is 2.97. The summed E-state index contributed by atoms with van der Waals surface area (Å²) in [5.41, 5.74) is 6.78. The highest BCUT2D eigenvalue weighted by Gasteiger charge is 2.13. The van der Waals surface area contributed by atoms with Crippen LogP contribution in [0.3, 0.4) is 0 Å². The first kappa shape index (κ1) is 12.9. The van der Waals surface area contributed by atoms with Crippen molar-refractivity contribution in [2.24, 2.45) is 0 Å². The van der Waals surface area contributed by atoms with E-state index in [9.17, 15) is 5.11 Å². The smallest absolute Gasteiger partial charge is 0.276 e. The predicted octanol–water partition coefficient (Wildman–Crippen LogP) is 2.10. The van der Waals surface area contributed by atoms with Crippen LogP contribution < -0.4 is 10.5 Å². The number of methoxy groups -OCH3 is 1. The molecule has 0 atom stereocenters. The van der Waals surface area contributed by atoms with Crippen molar-refractivity contribution in [2.45, 2.75) is 0 Å². The molecule has 0 spiro atoms. The van der Waals surface area contributed by atoms with Crippen LogP contribution in [0.15, 0.2) is 40.9 Å². The summed E-state index contributed by atoms with van der Waals surface area (Å²) in [5, 5.41) is 13.5. The van der Waals surface area contributed by atoms with E-state index in [2.05, 4.69) is 15.1 Å². The van der Waals surface area contributed by atoms with Crippen molar-refractivity contribution in [1.82, 2.24) is 15.1 Å². The van der Waals surface area contributed by atoms with E-state index in [1.54, 1.807) is 30.3 Å². The standard InChI is InChI=1S/C14H12N4O3/c1-20-11-7-8(5-6-10(11)19)13-17-14(21-18-13)9-3-2-4-12(15)16-9/h2-7,19H,1H3,(H2,15,16). The lowest BCUT2D eigenvalue weighted by atomic mass is 10.2. The van der Waals surface area contributed by atoms with Crippen molar-refractivity contribution in [3.8, 4) is 34.5 Å². The quantitative estimate of drug-likeness (QED) is 0.758. The Kier molecular flexibility index (Phi) is 3.15. The van der Waals surface area contributed by atoms with Crippen molar-refractivity contribution in [2.75, 3.05) is 12.8 Å². The predicted molar refractivity (Wildman–Crippen MR) is 75.6 cm³/mol. The van der Waals surface area contributed by atoms with Crippen LogP contribution >= 0.6 is 0 Å². The molecule has 0 saturated carbocycles. The monoisotopic (exact) mass is 284 g/mol. The zero-order valence-corrected chi connectivity index (χ0v) is 11.1. The van der Waals surface area contributed by atoms with Crippen molar-refractivity contribution in [1.29, 1.82) is 0 Å². The molecule has 3 N–H and O–H groups in total. The molecule has 0 aliphatic heterocycles. The number of nitrogens with two attached hydrogens (primary N) is 1. The van der Waals surface area contributed by atoms with Gasteiger partial charge in [-0.2, -0.15) is 4.98 Å². The van der Waals surface area contributed by atoms with E-state index < -0.39 is 0 Å². The number of aromatic hydroxyl groups is 1. The van der Waals surface area contributed by atoms with Crippen LogP contribution in [-0.4, -0.2) is 27.3 Å². The van der Waals surface area contributed by atoms with Gasteiger partial charge in [0.15, 0.2) is 11.5 Å². The number of nitrogen functional groups attached to an aromatic ring is 1. The highest BCUT2D eigenvalue weighted by Crippen LogP contribution is 2.30. The Morgan fingerprint density at radius 2 is 2.05 bits per heavy atom. The highest BCUT2D eigenvalue weighted by molar-refractivity contribution is 5.62. The third-order valence-electron chi connectivity index (χ3n) is 2.85. The van der Waals surface area contributed by atoms with Crippen LogP contribution in [0.1, 0.15) is 0 Å². The van der Waals surface area contributed by atoms with Gasteiger partial charge >= 0.3 is 0 Å². The van der Waals surface area contributed by atoms with Gasteiger partial charge in [-0.25, -0.2) is 4.98 Å². The number of phenols is 1. The molecule has 2 aromatic heterocycles. The number of hydrogen-bond acceptors (Lipinski definition) is 7. The molecule has 3 rings (SSSR count). The molecule has 106 valence electrons. The fourth-order valence-electron chi connectivity index (χ4n) is 1.83. The second kappa shape index (κ2) is 5.12. The molecule has 7 nitrogen and oxygen atoms in total. The summed E-state index contributed by atoms with van der Waals surface area (Å²) in [6.07, 6.45) is 0. The molecule has 0 saturated heterocycles. The molecule has 0 amide bonds. The minimum atomic E-state index is 0.0440. The SMILES string of the molecule is COc1cc(-c2noc(-c3cccc(N)n3)n2)ccc1O. The molecular formula is C14H12N4O3. The van der Waals surface area contributed by atoms with Crippen LogP contribution in [0.4, 0.5) is 5.82 Å². The van der Waals surface area contributed by atoms with Gasteiger partial charge in [-0.3, -0.25) is 0 Å². The maximum Gasteiger partial charge on any atom is 0.276 e. The molecule has 0 unspecified atom stereocenters. The number of benzene rings is 1. The fourth-order valence-corrected chi connectivity index (χ4v) is 1.83. The molecule has 7 heteroatoms. The van der Waals surface area contributed by atoms with Gasteiger partial charge in [0.1, 0.15) is 11.5 Å². The minimum Gasteiger partial charge on any atom is -0.504 e. The van der Waals surface area contributed by atoms with Gasteiger partial charge in [-0.05, 0) is 30.3 Å². The summed E-state index contributed by atoms with van der Waals surface area (Å²) >= 11 is 0.